The van der Waals surface area contributed by atoms with Crippen molar-refractivity contribution in [1.29, 1.82) is 0 Å². The SMILES string of the molecule is Cc1ccc2nc([C@@H](C)NC(=O)CCCn3ccnc3)[nH]c2c1. The second-order valence-corrected chi connectivity index (χ2v) is 5.84. The van der Waals surface area contributed by atoms with Crippen LogP contribution in [0.5, 0.6) is 0 Å². The summed E-state index contributed by atoms with van der Waals surface area (Å²) < 4.78 is 1.97. The third-order valence-corrected chi connectivity index (χ3v) is 3.82. The van der Waals surface area contributed by atoms with E-state index in [-0.39, 0.29) is 11.9 Å². The highest BCUT2D eigenvalue weighted by molar-refractivity contribution is 5.77. The molecule has 0 aliphatic rings. The first-order chi connectivity index (χ1) is 11.1. The van der Waals surface area contributed by atoms with Crippen LogP contribution in [0.15, 0.2) is 36.9 Å². The van der Waals surface area contributed by atoms with E-state index in [0.717, 1.165) is 29.8 Å². The molecular formula is C17H21N5O. The van der Waals surface area contributed by atoms with E-state index in [1.54, 1.807) is 12.5 Å². The number of H-pyrrole nitrogens is 1. The Labute approximate surface area is 135 Å². The highest BCUT2D eigenvalue weighted by Crippen LogP contribution is 2.17. The number of hydrogen-bond acceptors (Lipinski definition) is 3. The number of imidazole rings is 2. The highest BCUT2D eigenvalue weighted by Gasteiger charge is 2.13. The molecule has 2 aromatic heterocycles. The average molecular weight is 311 g/mol. The monoisotopic (exact) mass is 311 g/mol. The zero-order valence-electron chi connectivity index (χ0n) is 13.4. The Balaban J connectivity index is 1.54. The van der Waals surface area contributed by atoms with E-state index in [9.17, 15) is 4.79 Å². The van der Waals surface area contributed by atoms with Gasteiger partial charge in [-0.05, 0) is 38.0 Å². The van der Waals surface area contributed by atoms with E-state index in [1.165, 1.54) is 5.56 Å². The van der Waals surface area contributed by atoms with Crippen molar-refractivity contribution in [1.82, 2.24) is 24.8 Å². The number of fused-ring (bicyclic) bond motifs is 1. The van der Waals surface area contributed by atoms with E-state index in [0.29, 0.717) is 6.42 Å². The molecule has 0 unspecified atom stereocenters. The van der Waals surface area contributed by atoms with Crippen LogP contribution < -0.4 is 5.32 Å². The minimum atomic E-state index is -0.136. The zero-order valence-corrected chi connectivity index (χ0v) is 13.4. The molecule has 3 rings (SSSR count). The third kappa shape index (κ3) is 3.77. The van der Waals surface area contributed by atoms with Gasteiger partial charge in [-0.2, -0.15) is 0 Å². The second kappa shape index (κ2) is 6.64. The molecule has 3 aromatic rings. The van der Waals surface area contributed by atoms with Crippen molar-refractivity contribution in [2.24, 2.45) is 0 Å². The number of nitrogens with one attached hydrogen (secondary N) is 2. The summed E-state index contributed by atoms with van der Waals surface area (Å²) in [4.78, 5) is 23.9. The van der Waals surface area contributed by atoms with Gasteiger partial charge in [0.2, 0.25) is 5.91 Å². The summed E-state index contributed by atoms with van der Waals surface area (Å²) in [7, 11) is 0. The van der Waals surface area contributed by atoms with Crippen LogP contribution >= 0.6 is 0 Å². The first-order valence-corrected chi connectivity index (χ1v) is 7.83. The normalized spacial score (nSPS) is 12.4. The molecule has 6 heteroatoms. The molecule has 0 radical (unpaired) electrons. The lowest BCUT2D eigenvalue weighted by Crippen LogP contribution is -2.27. The summed E-state index contributed by atoms with van der Waals surface area (Å²) in [5, 5.41) is 2.99. The van der Waals surface area contributed by atoms with Gasteiger partial charge in [0.1, 0.15) is 5.82 Å². The molecule has 120 valence electrons. The summed E-state index contributed by atoms with van der Waals surface area (Å²) >= 11 is 0. The van der Waals surface area contributed by atoms with Gasteiger partial charge in [-0.25, -0.2) is 9.97 Å². The van der Waals surface area contributed by atoms with Crippen molar-refractivity contribution in [2.75, 3.05) is 0 Å². The molecule has 2 N–H and O–H groups in total. The molecule has 0 saturated carbocycles. The fourth-order valence-electron chi connectivity index (χ4n) is 2.57. The van der Waals surface area contributed by atoms with Gasteiger partial charge in [-0.3, -0.25) is 4.79 Å². The predicted molar refractivity (Wildman–Crippen MR) is 88.8 cm³/mol. The van der Waals surface area contributed by atoms with Crippen molar-refractivity contribution < 1.29 is 4.79 Å². The number of aryl methyl sites for hydroxylation is 2. The quantitative estimate of drug-likeness (QED) is 0.735. The minimum Gasteiger partial charge on any atom is -0.346 e. The van der Waals surface area contributed by atoms with Crippen LogP contribution in [0, 0.1) is 6.92 Å². The minimum absolute atomic E-state index is 0.0363. The Hall–Kier alpha value is -2.63. The van der Waals surface area contributed by atoms with Gasteiger partial charge in [-0.1, -0.05) is 6.07 Å². The van der Waals surface area contributed by atoms with Crippen LogP contribution in [0.25, 0.3) is 11.0 Å². The van der Waals surface area contributed by atoms with Crippen molar-refractivity contribution in [2.45, 2.75) is 39.3 Å². The van der Waals surface area contributed by atoms with Crippen LogP contribution in [0.2, 0.25) is 0 Å². The molecule has 0 bridgehead atoms. The Bertz CT molecular complexity index is 791. The van der Waals surface area contributed by atoms with Crippen LogP contribution in [-0.2, 0) is 11.3 Å². The van der Waals surface area contributed by atoms with Gasteiger partial charge >= 0.3 is 0 Å². The Morgan fingerprint density at radius 2 is 2.30 bits per heavy atom. The summed E-state index contributed by atoms with van der Waals surface area (Å²) in [6.07, 6.45) is 6.68. The number of carbonyl (C=O) groups is 1. The number of nitrogens with zero attached hydrogens (tertiary/aromatic N) is 3. The highest BCUT2D eigenvalue weighted by atomic mass is 16.1. The number of rotatable bonds is 6. The van der Waals surface area contributed by atoms with Crippen molar-refractivity contribution in [3.8, 4) is 0 Å². The molecule has 0 aliphatic carbocycles. The summed E-state index contributed by atoms with van der Waals surface area (Å²) in [6.45, 7) is 4.79. The molecule has 0 saturated heterocycles. The fraction of sp³-hybridized carbons (Fsp3) is 0.353. The van der Waals surface area contributed by atoms with Crippen LogP contribution in [0.3, 0.4) is 0 Å². The van der Waals surface area contributed by atoms with Crippen LogP contribution in [0.1, 0.15) is 37.2 Å². The van der Waals surface area contributed by atoms with Gasteiger partial charge in [0, 0.05) is 25.4 Å². The summed E-state index contributed by atoms with van der Waals surface area (Å²) in [6, 6.07) is 5.95. The molecule has 1 atom stereocenters. The van der Waals surface area contributed by atoms with Crippen LogP contribution in [-0.4, -0.2) is 25.4 Å². The van der Waals surface area contributed by atoms with Gasteiger partial charge < -0.3 is 14.9 Å². The molecule has 1 amide bonds. The van der Waals surface area contributed by atoms with Crippen molar-refractivity contribution in [3.05, 3.63) is 48.3 Å². The number of carbonyl (C=O) groups excluding carboxylic acids is 1. The van der Waals surface area contributed by atoms with E-state index in [4.69, 9.17) is 0 Å². The second-order valence-electron chi connectivity index (χ2n) is 5.84. The van der Waals surface area contributed by atoms with Gasteiger partial charge in [0.05, 0.1) is 23.4 Å². The fourth-order valence-corrected chi connectivity index (χ4v) is 2.57. The van der Waals surface area contributed by atoms with E-state index < -0.39 is 0 Å². The lowest BCUT2D eigenvalue weighted by atomic mass is 10.2. The maximum absolute atomic E-state index is 12.0. The lowest BCUT2D eigenvalue weighted by molar-refractivity contribution is -0.121. The van der Waals surface area contributed by atoms with Crippen LogP contribution in [0.4, 0.5) is 0 Å². The van der Waals surface area contributed by atoms with E-state index in [2.05, 4.69) is 26.3 Å². The van der Waals surface area contributed by atoms with E-state index >= 15 is 0 Å². The smallest absolute Gasteiger partial charge is 0.220 e. The Morgan fingerprint density at radius 3 is 3.09 bits per heavy atom. The topological polar surface area (TPSA) is 75.6 Å². The molecule has 1 aromatic carbocycles. The van der Waals surface area contributed by atoms with Gasteiger partial charge in [-0.15, -0.1) is 0 Å². The average Bonchev–Trinajstić information content (AvgIpc) is 3.15. The number of amides is 1. The molecular weight excluding hydrogens is 290 g/mol. The molecule has 0 spiro atoms. The molecule has 0 fully saturated rings. The Kier molecular flexibility index (Phi) is 4.41. The molecule has 2 heterocycles. The summed E-state index contributed by atoms with van der Waals surface area (Å²) in [5.41, 5.74) is 3.11. The standard InChI is InChI=1S/C17H21N5O/c1-12-5-6-14-15(10-12)21-17(20-14)13(2)19-16(23)4-3-8-22-9-7-18-11-22/h5-7,9-11,13H,3-4,8H2,1-2H3,(H,19,23)(H,20,21)/t13-/m1/s1. The van der Waals surface area contributed by atoms with Crippen molar-refractivity contribution in [3.63, 3.8) is 0 Å². The Morgan fingerprint density at radius 1 is 1.43 bits per heavy atom. The molecule has 0 aliphatic heterocycles. The summed E-state index contributed by atoms with van der Waals surface area (Å²) in [5.74, 6) is 0.822. The molecule has 23 heavy (non-hydrogen) atoms. The van der Waals surface area contributed by atoms with Gasteiger partial charge in [0.25, 0.3) is 0 Å². The number of benzene rings is 1. The first kappa shape index (κ1) is 15.3. The maximum Gasteiger partial charge on any atom is 0.220 e. The van der Waals surface area contributed by atoms with Crippen molar-refractivity contribution >= 4 is 16.9 Å². The third-order valence-electron chi connectivity index (χ3n) is 3.82. The van der Waals surface area contributed by atoms with Gasteiger partial charge in [0.15, 0.2) is 0 Å². The predicted octanol–water partition coefficient (Wildman–Crippen LogP) is 2.73. The zero-order chi connectivity index (χ0) is 16.2. The number of aromatic amines is 1. The first-order valence-electron chi connectivity index (χ1n) is 7.83. The molecule has 6 nitrogen and oxygen atoms in total. The number of aromatic nitrogens is 4. The lowest BCUT2D eigenvalue weighted by Gasteiger charge is -2.11. The number of hydrogen-bond donors (Lipinski definition) is 2. The van der Waals surface area contributed by atoms with E-state index in [1.807, 2.05) is 36.7 Å². The largest absolute Gasteiger partial charge is 0.346 e. The maximum atomic E-state index is 12.0.